The molecule has 3 rings (SSSR count). The van der Waals surface area contributed by atoms with Crippen molar-refractivity contribution < 1.29 is 9.53 Å². The summed E-state index contributed by atoms with van der Waals surface area (Å²) in [5.74, 6) is 0.695. The maximum Gasteiger partial charge on any atom is 0.245 e. The van der Waals surface area contributed by atoms with Crippen molar-refractivity contribution in [2.75, 3.05) is 7.11 Å². The van der Waals surface area contributed by atoms with Crippen molar-refractivity contribution in [3.63, 3.8) is 0 Å². The van der Waals surface area contributed by atoms with E-state index in [-0.39, 0.29) is 18.0 Å². The average Bonchev–Trinajstić information content (AvgIpc) is 3.21. The number of ether oxygens (including phenoxy) is 1. The zero-order chi connectivity index (χ0) is 17.6. The Morgan fingerprint density at radius 3 is 2.32 bits per heavy atom. The molecule has 5 nitrogen and oxygen atoms in total. The number of amides is 1. The molecule has 2 unspecified atom stereocenters. The number of nitrogens with one attached hydrogen (secondary N) is 1. The number of aromatic nitrogens is 2. The third-order valence-electron chi connectivity index (χ3n) is 4.17. The van der Waals surface area contributed by atoms with E-state index in [1.54, 1.807) is 24.2 Å². The van der Waals surface area contributed by atoms with Crippen LogP contribution in [-0.4, -0.2) is 22.8 Å². The molecule has 0 aliphatic heterocycles. The second-order valence-corrected chi connectivity index (χ2v) is 5.79. The van der Waals surface area contributed by atoms with E-state index >= 15 is 0 Å². The molecule has 3 aromatic rings. The first-order valence-electron chi connectivity index (χ1n) is 8.17. The molecular weight excluding hydrogens is 314 g/mol. The van der Waals surface area contributed by atoms with Crippen LogP contribution >= 0.6 is 0 Å². The Balaban J connectivity index is 1.87. The molecule has 1 N–H and O–H groups in total. The van der Waals surface area contributed by atoms with Crippen LogP contribution in [0.5, 0.6) is 5.75 Å². The number of hydrogen-bond donors (Lipinski definition) is 1. The van der Waals surface area contributed by atoms with Gasteiger partial charge in [-0.15, -0.1) is 0 Å². The molecule has 0 radical (unpaired) electrons. The summed E-state index contributed by atoms with van der Waals surface area (Å²) in [4.78, 5) is 12.7. The van der Waals surface area contributed by atoms with Crippen LogP contribution in [0.25, 0.3) is 0 Å². The Hall–Kier alpha value is -3.08. The van der Waals surface area contributed by atoms with Crippen molar-refractivity contribution in [3.8, 4) is 5.75 Å². The number of carbonyl (C=O) groups excluding carboxylic acids is 1. The van der Waals surface area contributed by atoms with Crippen LogP contribution in [0, 0.1) is 0 Å². The number of carbonyl (C=O) groups is 1. The summed E-state index contributed by atoms with van der Waals surface area (Å²) in [6.45, 7) is 1.83. The number of nitrogens with zero attached hydrogens (tertiary/aromatic N) is 2. The first kappa shape index (κ1) is 16.8. The summed E-state index contributed by atoms with van der Waals surface area (Å²) in [5.41, 5.74) is 2.02. The van der Waals surface area contributed by atoms with Crippen LogP contribution in [0.4, 0.5) is 0 Å². The smallest absolute Gasteiger partial charge is 0.245 e. The molecule has 1 heterocycles. The second-order valence-electron chi connectivity index (χ2n) is 5.79. The van der Waals surface area contributed by atoms with Crippen molar-refractivity contribution in [1.29, 1.82) is 0 Å². The first-order chi connectivity index (χ1) is 12.2. The van der Waals surface area contributed by atoms with Gasteiger partial charge in [0.1, 0.15) is 11.8 Å². The van der Waals surface area contributed by atoms with Gasteiger partial charge in [-0.25, -0.2) is 0 Å². The molecule has 0 fully saturated rings. The monoisotopic (exact) mass is 335 g/mol. The molecule has 2 atom stereocenters. The predicted molar refractivity (Wildman–Crippen MR) is 96.4 cm³/mol. The molecule has 0 saturated heterocycles. The van der Waals surface area contributed by atoms with Gasteiger partial charge in [0.15, 0.2) is 0 Å². The van der Waals surface area contributed by atoms with Gasteiger partial charge < -0.3 is 10.1 Å². The van der Waals surface area contributed by atoms with Gasteiger partial charge in [0.2, 0.25) is 5.91 Å². The fourth-order valence-corrected chi connectivity index (χ4v) is 2.69. The Bertz CT molecular complexity index is 799. The molecule has 0 bridgehead atoms. The molecule has 0 aliphatic rings. The predicted octanol–water partition coefficient (Wildman–Crippen LogP) is 3.36. The van der Waals surface area contributed by atoms with E-state index in [0.29, 0.717) is 0 Å². The molecule has 128 valence electrons. The summed E-state index contributed by atoms with van der Waals surface area (Å²) >= 11 is 0. The van der Waals surface area contributed by atoms with Crippen molar-refractivity contribution in [1.82, 2.24) is 15.1 Å². The Labute approximate surface area is 147 Å². The SMILES string of the molecule is COc1ccc(C(NC(=O)C(C)n2cccn2)c2ccccc2)cc1. The summed E-state index contributed by atoms with van der Waals surface area (Å²) in [7, 11) is 1.64. The third kappa shape index (κ3) is 3.88. The van der Waals surface area contributed by atoms with Crippen LogP contribution in [-0.2, 0) is 4.79 Å². The zero-order valence-corrected chi connectivity index (χ0v) is 14.3. The highest BCUT2D eigenvalue weighted by Crippen LogP contribution is 2.24. The van der Waals surface area contributed by atoms with E-state index in [2.05, 4.69) is 10.4 Å². The molecule has 0 spiro atoms. The minimum atomic E-state index is -0.389. The maximum atomic E-state index is 12.7. The van der Waals surface area contributed by atoms with Crippen molar-refractivity contribution >= 4 is 5.91 Å². The first-order valence-corrected chi connectivity index (χ1v) is 8.17. The van der Waals surface area contributed by atoms with E-state index in [1.165, 1.54) is 0 Å². The fraction of sp³-hybridized carbons (Fsp3) is 0.200. The number of rotatable bonds is 6. The molecule has 25 heavy (non-hydrogen) atoms. The van der Waals surface area contributed by atoms with Gasteiger partial charge in [-0.05, 0) is 36.2 Å². The fourth-order valence-electron chi connectivity index (χ4n) is 2.69. The Morgan fingerprint density at radius 2 is 1.72 bits per heavy atom. The molecular formula is C20H21N3O2. The molecule has 5 heteroatoms. The number of methoxy groups -OCH3 is 1. The topological polar surface area (TPSA) is 56.1 Å². The van der Waals surface area contributed by atoms with Crippen molar-refractivity contribution in [2.45, 2.75) is 19.0 Å². The lowest BCUT2D eigenvalue weighted by molar-refractivity contribution is -0.124. The Morgan fingerprint density at radius 1 is 1.04 bits per heavy atom. The van der Waals surface area contributed by atoms with Crippen molar-refractivity contribution in [2.24, 2.45) is 0 Å². The zero-order valence-electron chi connectivity index (χ0n) is 14.3. The van der Waals surface area contributed by atoms with Gasteiger partial charge in [-0.2, -0.15) is 5.10 Å². The summed E-state index contributed by atoms with van der Waals surface area (Å²) in [6, 6.07) is 18.8. The lowest BCUT2D eigenvalue weighted by atomic mass is 9.98. The largest absolute Gasteiger partial charge is 0.497 e. The van der Waals surface area contributed by atoms with Gasteiger partial charge in [-0.3, -0.25) is 9.48 Å². The van der Waals surface area contributed by atoms with E-state index in [4.69, 9.17) is 4.74 Å². The molecule has 1 amide bonds. The lowest BCUT2D eigenvalue weighted by Gasteiger charge is -2.22. The van der Waals surface area contributed by atoms with Gasteiger partial charge in [0, 0.05) is 12.4 Å². The highest BCUT2D eigenvalue weighted by atomic mass is 16.5. The normalized spacial score (nSPS) is 13.0. The molecule has 1 aromatic heterocycles. The van der Waals surface area contributed by atoms with E-state index in [0.717, 1.165) is 16.9 Å². The van der Waals surface area contributed by atoms with Crippen molar-refractivity contribution in [3.05, 3.63) is 84.2 Å². The minimum Gasteiger partial charge on any atom is -0.497 e. The van der Waals surface area contributed by atoms with Crippen LogP contribution in [0.2, 0.25) is 0 Å². The summed E-state index contributed by atoms with van der Waals surface area (Å²) < 4.78 is 6.87. The number of hydrogen-bond acceptors (Lipinski definition) is 3. The van der Waals surface area contributed by atoms with Crippen LogP contribution in [0.15, 0.2) is 73.1 Å². The second kappa shape index (κ2) is 7.66. The molecule has 0 saturated carbocycles. The third-order valence-corrected chi connectivity index (χ3v) is 4.17. The van der Waals surface area contributed by atoms with Gasteiger partial charge in [0.25, 0.3) is 0 Å². The van der Waals surface area contributed by atoms with E-state index in [1.807, 2.05) is 67.6 Å². The minimum absolute atomic E-state index is 0.0895. The highest BCUT2D eigenvalue weighted by Gasteiger charge is 2.21. The Kier molecular flexibility index (Phi) is 5.14. The van der Waals surface area contributed by atoms with Gasteiger partial charge in [0.05, 0.1) is 13.2 Å². The quantitative estimate of drug-likeness (QED) is 0.751. The van der Waals surface area contributed by atoms with Gasteiger partial charge >= 0.3 is 0 Å². The summed E-state index contributed by atoms with van der Waals surface area (Å²) in [6.07, 6.45) is 3.46. The number of benzene rings is 2. The highest BCUT2D eigenvalue weighted by molar-refractivity contribution is 5.80. The van der Waals surface area contributed by atoms with E-state index < -0.39 is 0 Å². The van der Waals surface area contributed by atoms with Gasteiger partial charge in [-0.1, -0.05) is 42.5 Å². The molecule has 0 aliphatic carbocycles. The lowest BCUT2D eigenvalue weighted by Crippen LogP contribution is -2.34. The standard InChI is InChI=1S/C20H21N3O2/c1-15(23-14-6-13-21-23)20(24)22-19(16-7-4-3-5-8-16)17-9-11-18(25-2)12-10-17/h3-15,19H,1-2H3,(H,22,24). The van der Waals surface area contributed by atoms with Crippen LogP contribution in [0.3, 0.4) is 0 Å². The summed E-state index contributed by atoms with van der Waals surface area (Å²) in [5, 5.41) is 7.29. The average molecular weight is 335 g/mol. The molecule has 2 aromatic carbocycles. The van der Waals surface area contributed by atoms with Crippen LogP contribution in [0.1, 0.15) is 30.1 Å². The van der Waals surface area contributed by atoms with E-state index in [9.17, 15) is 4.79 Å². The van der Waals surface area contributed by atoms with Crippen LogP contribution < -0.4 is 10.1 Å². The maximum absolute atomic E-state index is 12.7.